The quantitative estimate of drug-likeness (QED) is 0.728. The van der Waals surface area contributed by atoms with E-state index in [4.69, 9.17) is 4.42 Å². The largest absolute Gasteiger partial charge is 0.466 e. The van der Waals surface area contributed by atoms with Crippen LogP contribution in [0.3, 0.4) is 0 Å². The molecule has 0 aliphatic heterocycles. The first-order valence-electron chi connectivity index (χ1n) is 5.51. The molecular formula is C12H10Br2N2O3S. The molecule has 0 saturated heterocycles. The summed E-state index contributed by atoms with van der Waals surface area (Å²) in [4.78, 5) is 24.2. The molecule has 2 heterocycles. The summed E-state index contributed by atoms with van der Waals surface area (Å²) in [6.07, 6.45) is 0. The maximum absolute atomic E-state index is 11.9. The summed E-state index contributed by atoms with van der Waals surface area (Å²) in [5.41, 5.74) is 5.12. The number of furan rings is 1. The van der Waals surface area contributed by atoms with E-state index in [1.165, 1.54) is 11.3 Å². The number of halogens is 2. The Labute approximate surface area is 136 Å². The number of amides is 2. The Morgan fingerprint density at radius 3 is 2.30 bits per heavy atom. The van der Waals surface area contributed by atoms with E-state index in [1.807, 2.05) is 0 Å². The van der Waals surface area contributed by atoms with Crippen LogP contribution in [0.4, 0.5) is 0 Å². The highest BCUT2D eigenvalue weighted by Crippen LogP contribution is 2.32. The zero-order chi connectivity index (χ0) is 14.9. The zero-order valence-electron chi connectivity index (χ0n) is 10.5. The number of rotatable bonds is 2. The molecule has 2 N–H and O–H groups in total. The normalized spacial score (nSPS) is 10.4. The maximum Gasteiger partial charge on any atom is 0.279 e. The monoisotopic (exact) mass is 420 g/mol. The molecule has 0 spiro atoms. The van der Waals surface area contributed by atoms with Gasteiger partial charge in [0.25, 0.3) is 11.8 Å². The fraction of sp³-hybridized carbons (Fsp3) is 0.167. The highest BCUT2D eigenvalue weighted by atomic mass is 79.9. The van der Waals surface area contributed by atoms with Crippen LogP contribution >= 0.6 is 43.2 Å². The summed E-state index contributed by atoms with van der Waals surface area (Å²) >= 11 is 7.87. The molecule has 0 aliphatic rings. The number of carbonyl (C=O) groups is 2. The van der Waals surface area contributed by atoms with E-state index in [1.54, 1.807) is 26.0 Å². The molecule has 0 saturated carbocycles. The summed E-state index contributed by atoms with van der Waals surface area (Å²) in [5, 5.41) is 0. The number of aryl methyl sites for hydroxylation is 2. The second-order valence-electron chi connectivity index (χ2n) is 3.97. The van der Waals surface area contributed by atoms with Gasteiger partial charge >= 0.3 is 0 Å². The van der Waals surface area contributed by atoms with Crippen molar-refractivity contribution in [3.8, 4) is 0 Å². The molecule has 0 fully saturated rings. The van der Waals surface area contributed by atoms with Crippen molar-refractivity contribution in [2.45, 2.75) is 13.8 Å². The van der Waals surface area contributed by atoms with Crippen LogP contribution < -0.4 is 10.9 Å². The Bertz CT molecular complexity index is 659. The van der Waals surface area contributed by atoms with E-state index < -0.39 is 5.91 Å². The number of thiophene rings is 1. The minimum Gasteiger partial charge on any atom is -0.466 e. The van der Waals surface area contributed by atoms with E-state index in [9.17, 15) is 9.59 Å². The Kier molecular flexibility index (Phi) is 4.66. The van der Waals surface area contributed by atoms with E-state index in [0.717, 1.165) is 8.26 Å². The summed E-state index contributed by atoms with van der Waals surface area (Å²) in [6, 6.07) is 3.29. The molecule has 0 unspecified atom stereocenters. The maximum atomic E-state index is 11.9. The molecular weight excluding hydrogens is 412 g/mol. The SMILES string of the molecule is Cc1cc(C(=O)NNC(=O)c2cc(Br)c(Br)s2)c(C)o1. The average molecular weight is 422 g/mol. The molecule has 2 aromatic heterocycles. The first-order chi connectivity index (χ1) is 9.38. The van der Waals surface area contributed by atoms with Crippen molar-refractivity contribution in [2.75, 3.05) is 0 Å². The van der Waals surface area contributed by atoms with Crippen LogP contribution in [0.5, 0.6) is 0 Å². The molecule has 0 radical (unpaired) electrons. The van der Waals surface area contributed by atoms with Gasteiger partial charge in [0.05, 0.1) is 14.2 Å². The molecule has 8 heteroatoms. The lowest BCUT2D eigenvalue weighted by atomic mass is 10.2. The fourth-order valence-corrected chi connectivity index (χ4v) is 3.49. The van der Waals surface area contributed by atoms with Gasteiger partial charge in [0.1, 0.15) is 11.5 Å². The van der Waals surface area contributed by atoms with Crippen molar-refractivity contribution in [1.29, 1.82) is 0 Å². The van der Waals surface area contributed by atoms with Gasteiger partial charge in [-0.2, -0.15) is 0 Å². The lowest BCUT2D eigenvalue weighted by Gasteiger charge is -2.05. The predicted octanol–water partition coefficient (Wildman–Crippen LogP) is 3.56. The lowest BCUT2D eigenvalue weighted by Crippen LogP contribution is -2.41. The molecule has 0 bridgehead atoms. The van der Waals surface area contributed by atoms with Gasteiger partial charge in [0.15, 0.2) is 0 Å². The number of hydrogen-bond acceptors (Lipinski definition) is 4. The minimum absolute atomic E-state index is 0.382. The van der Waals surface area contributed by atoms with Crippen molar-refractivity contribution in [2.24, 2.45) is 0 Å². The van der Waals surface area contributed by atoms with Gasteiger partial charge in [0, 0.05) is 4.47 Å². The summed E-state index contributed by atoms with van der Waals surface area (Å²) in [6.45, 7) is 3.44. The molecule has 0 atom stereocenters. The van der Waals surface area contributed by atoms with Gasteiger partial charge in [-0.05, 0) is 57.8 Å². The molecule has 2 amide bonds. The Morgan fingerprint density at radius 2 is 1.80 bits per heavy atom. The van der Waals surface area contributed by atoms with Crippen molar-refractivity contribution < 1.29 is 14.0 Å². The third kappa shape index (κ3) is 3.31. The van der Waals surface area contributed by atoms with Crippen molar-refractivity contribution >= 4 is 55.0 Å². The van der Waals surface area contributed by atoms with Crippen LogP contribution in [-0.2, 0) is 0 Å². The third-order valence-electron chi connectivity index (χ3n) is 2.44. The van der Waals surface area contributed by atoms with Gasteiger partial charge in [-0.25, -0.2) is 0 Å². The lowest BCUT2D eigenvalue weighted by molar-refractivity contribution is 0.0848. The molecule has 2 aromatic rings. The van der Waals surface area contributed by atoms with Crippen molar-refractivity contribution in [3.05, 3.63) is 42.4 Å². The smallest absolute Gasteiger partial charge is 0.279 e. The Morgan fingerprint density at radius 1 is 1.15 bits per heavy atom. The van der Waals surface area contributed by atoms with Crippen LogP contribution in [-0.4, -0.2) is 11.8 Å². The van der Waals surface area contributed by atoms with Gasteiger partial charge in [-0.3, -0.25) is 20.4 Å². The first-order valence-corrected chi connectivity index (χ1v) is 7.91. The van der Waals surface area contributed by atoms with E-state index in [-0.39, 0.29) is 5.91 Å². The highest BCUT2D eigenvalue weighted by molar-refractivity contribution is 9.13. The van der Waals surface area contributed by atoms with E-state index in [0.29, 0.717) is 22.0 Å². The van der Waals surface area contributed by atoms with Gasteiger partial charge in [-0.1, -0.05) is 0 Å². The number of nitrogens with one attached hydrogen (secondary N) is 2. The van der Waals surface area contributed by atoms with Crippen LogP contribution in [0, 0.1) is 13.8 Å². The molecule has 0 aliphatic carbocycles. The van der Waals surface area contributed by atoms with E-state index in [2.05, 4.69) is 42.7 Å². The average Bonchev–Trinajstić information content (AvgIpc) is 2.89. The van der Waals surface area contributed by atoms with Gasteiger partial charge in [-0.15, -0.1) is 11.3 Å². The topological polar surface area (TPSA) is 71.3 Å². The molecule has 5 nitrogen and oxygen atoms in total. The molecule has 20 heavy (non-hydrogen) atoms. The minimum atomic E-state index is -0.414. The standard InChI is InChI=1S/C12H10Br2N2O3S/c1-5-3-7(6(2)19-5)11(17)15-16-12(18)9-4-8(13)10(14)20-9/h3-4H,1-2H3,(H,15,17)(H,16,18). The van der Waals surface area contributed by atoms with E-state index >= 15 is 0 Å². The van der Waals surface area contributed by atoms with Crippen LogP contribution in [0.25, 0.3) is 0 Å². The summed E-state index contributed by atoms with van der Waals surface area (Å²) in [7, 11) is 0. The number of hydrogen-bond donors (Lipinski definition) is 2. The highest BCUT2D eigenvalue weighted by Gasteiger charge is 2.16. The fourth-order valence-electron chi connectivity index (χ4n) is 1.56. The van der Waals surface area contributed by atoms with Gasteiger partial charge in [0.2, 0.25) is 0 Å². The first kappa shape index (κ1) is 15.3. The van der Waals surface area contributed by atoms with Crippen LogP contribution in [0.2, 0.25) is 0 Å². The molecule has 2 rings (SSSR count). The second-order valence-corrected chi connectivity index (χ2v) is 7.19. The van der Waals surface area contributed by atoms with Crippen LogP contribution in [0.15, 0.2) is 24.8 Å². The second kappa shape index (κ2) is 6.11. The number of carbonyl (C=O) groups excluding carboxylic acids is 2. The summed E-state index contributed by atoms with van der Waals surface area (Å²) in [5.74, 6) is 0.357. The number of hydrazine groups is 1. The van der Waals surface area contributed by atoms with Crippen LogP contribution in [0.1, 0.15) is 31.6 Å². The molecule has 0 aromatic carbocycles. The zero-order valence-corrected chi connectivity index (χ0v) is 14.5. The van der Waals surface area contributed by atoms with Crippen molar-refractivity contribution in [1.82, 2.24) is 10.9 Å². The summed E-state index contributed by atoms with van der Waals surface area (Å²) < 4.78 is 6.87. The Balaban J connectivity index is 2.00. The predicted molar refractivity (Wildman–Crippen MR) is 82.8 cm³/mol. The van der Waals surface area contributed by atoms with Gasteiger partial charge < -0.3 is 4.42 Å². The third-order valence-corrected chi connectivity index (χ3v) is 5.70. The Hall–Kier alpha value is -1.12. The molecule has 106 valence electrons. The van der Waals surface area contributed by atoms with Crippen molar-refractivity contribution in [3.63, 3.8) is 0 Å².